The molecular formula is C14H21N3O6S2. The fourth-order valence-electron chi connectivity index (χ4n) is 2.39. The number of benzene rings is 1. The fourth-order valence-corrected chi connectivity index (χ4v) is 4.07. The maximum Gasteiger partial charge on any atom is 0.251 e. The third-order valence-electron chi connectivity index (χ3n) is 3.94. The number of nitrogens with zero attached hydrogens (tertiary/aromatic N) is 1. The van der Waals surface area contributed by atoms with Gasteiger partial charge in [0, 0.05) is 25.6 Å². The molecule has 2 atom stereocenters. The first-order valence-electron chi connectivity index (χ1n) is 7.42. The van der Waals surface area contributed by atoms with Gasteiger partial charge in [0.2, 0.25) is 20.0 Å². The van der Waals surface area contributed by atoms with Crippen LogP contribution in [0.5, 0.6) is 0 Å². The lowest BCUT2D eigenvalue weighted by Crippen LogP contribution is -2.43. The van der Waals surface area contributed by atoms with Crippen LogP contribution >= 0.6 is 0 Å². The molecule has 1 aliphatic heterocycles. The number of primary sulfonamides is 1. The van der Waals surface area contributed by atoms with Crippen LogP contribution in [0.3, 0.4) is 0 Å². The first-order chi connectivity index (χ1) is 11.5. The van der Waals surface area contributed by atoms with Gasteiger partial charge in [-0.3, -0.25) is 4.79 Å². The third-order valence-corrected chi connectivity index (χ3v) is 6.83. The van der Waals surface area contributed by atoms with E-state index in [1.807, 2.05) is 0 Å². The van der Waals surface area contributed by atoms with Gasteiger partial charge < -0.3 is 10.1 Å². The number of carbonyl (C=O) groups is 1. The van der Waals surface area contributed by atoms with Crippen molar-refractivity contribution >= 4 is 26.0 Å². The van der Waals surface area contributed by atoms with E-state index >= 15 is 0 Å². The molecule has 0 bridgehead atoms. The van der Waals surface area contributed by atoms with Crippen molar-refractivity contribution < 1.29 is 26.4 Å². The zero-order chi connectivity index (χ0) is 18.8. The Morgan fingerprint density at radius 2 is 1.80 bits per heavy atom. The number of sulfonamides is 2. The molecule has 2 rings (SSSR count). The molecule has 0 radical (unpaired) electrons. The van der Waals surface area contributed by atoms with Crippen molar-refractivity contribution in [2.24, 2.45) is 11.1 Å². The lowest BCUT2D eigenvalue weighted by Gasteiger charge is -2.21. The van der Waals surface area contributed by atoms with E-state index in [1.54, 1.807) is 0 Å². The summed E-state index contributed by atoms with van der Waals surface area (Å²) in [7, 11) is -4.34. The third kappa shape index (κ3) is 4.98. The van der Waals surface area contributed by atoms with Crippen LogP contribution in [0.2, 0.25) is 0 Å². The van der Waals surface area contributed by atoms with Crippen LogP contribution in [0, 0.1) is 5.92 Å². The summed E-state index contributed by atoms with van der Waals surface area (Å²) in [4.78, 5) is 12.2. The average Bonchev–Trinajstić information content (AvgIpc) is 2.92. The Balaban J connectivity index is 2.06. The van der Waals surface area contributed by atoms with Gasteiger partial charge in [-0.1, -0.05) is 0 Å². The summed E-state index contributed by atoms with van der Waals surface area (Å²) in [6.07, 6.45) is 0. The summed E-state index contributed by atoms with van der Waals surface area (Å²) in [6, 6.07) is 4.72. The summed E-state index contributed by atoms with van der Waals surface area (Å²) in [5.41, 5.74) is 0.244. The van der Waals surface area contributed by atoms with Crippen LogP contribution in [-0.2, 0) is 24.8 Å². The molecule has 9 nitrogen and oxygen atoms in total. The van der Waals surface area contributed by atoms with Gasteiger partial charge in [0.1, 0.15) is 0 Å². The van der Waals surface area contributed by atoms with Gasteiger partial charge in [-0.25, -0.2) is 26.3 Å². The molecule has 1 saturated heterocycles. The van der Waals surface area contributed by atoms with E-state index in [1.165, 1.54) is 38.4 Å². The van der Waals surface area contributed by atoms with E-state index in [4.69, 9.17) is 9.88 Å². The van der Waals surface area contributed by atoms with Crippen LogP contribution < -0.4 is 10.5 Å². The first-order valence-corrected chi connectivity index (χ1v) is 10.6. The highest BCUT2D eigenvalue weighted by Gasteiger charge is 2.34. The molecule has 1 aromatic carbocycles. The summed E-state index contributed by atoms with van der Waals surface area (Å²) in [5, 5.41) is 7.75. The number of hydrogen-bond acceptors (Lipinski definition) is 6. The van der Waals surface area contributed by atoms with Crippen molar-refractivity contribution in [3.8, 4) is 0 Å². The van der Waals surface area contributed by atoms with Crippen molar-refractivity contribution in [1.29, 1.82) is 0 Å². The summed E-state index contributed by atoms with van der Waals surface area (Å²) in [6.45, 7) is 0.455. The van der Waals surface area contributed by atoms with E-state index in [0.717, 1.165) is 4.31 Å². The Labute approximate surface area is 147 Å². The zero-order valence-corrected chi connectivity index (χ0v) is 15.5. The molecule has 0 aliphatic carbocycles. The Morgan fingerprint density at radius 3 is 2.32 bits per heavy atom. The Morgan fingerprint density at radius 1 is 1.20 bits per heavy atom. The molecule has 0 aromatic heterocycles. The molecule has 0 unspecified atom stereocenters. The van der Waals surface area contributed by atoms with E-state index in [2.05, 4.69) is 5.32 Å². The van der Waals surface area contributed by atoms with Gasteiger partial charge in [0.25, 0.3) is 5.91 Å². The molecule has 11 heteroatoms. The monoisotopic (exact) mass is 391 g/mol. The molecule has 1 heterocycles. The molecule has 1 aliphatic rings. The largest absolute Gasteiger partial charge is 0.379 e. The van der Waals surface area contributed by atoms with Gasteiger partial charge >= 0.3 is 0 Å². The molecule has 140 valence electrons. The van der Waals surface area contributed by atoms with Crippen LogP contribution in [-0.4, -0.2) is 66.2 Å². The Bertz CT molecular complexity index is 834. The quantitative estimate of drug-likeness (QED) is 0.636. The molecule has 1 fully saturated rings. The van der Waals surface area contributed by atoms with E-state index in [-0.39, 0.29) is 35.3 Å². The Kier molecular flexibility index (Phi) is 5.84. The molecule has 3 N–H and O–H groups in total. The standard InChI is InChI=1S/C14H21N3O6S2/c1-17(2)24(19,20)9-11-7-23-8-13(11)16-14(18)10-3-5-12(6-4-10)25(15,21)22/h3-6,11,13H,7-9H2,1-2H3,(H,16,18)(H2,15,21,22)/t11-,13+/m0/s1. The van der Waals surface area contributed by atoms with Gasteiger partial charge in [0.05, 0.1) is 29.9 Å². The van der Waals surface area contributed by atoms with Gasteiger partial charge in [-0.05, 0) is 24.3 Å². The number of amides is 1. The van der Waals surface area contributed by atoms with Gasteiger partial charge in [-0.15, -0.1) is 0 Å². The summed E-state index contributed by atoms with van der Waals surface area (Å²) in [5.74, 6) is -0.932. The van der Waals surface area contributed by atoms with Crippen molar-refractivity contribution in [3.63, 3.8) is 0 Å². The molecular weight excluding hydrogens is 370 g/mol. The van der Waals surface area contributed by atoms with Crippen molar-refractivity contribution in [2.45, 2.75) is 10.9 Å². The molecule has 25 heavy (non-hydrogen) atoms. The van der Waals surface area contributed by atoms with E-state index < -0.39 is 32.0 Å². The zero-order valence-electron chi connectivity index (χ0n) is 13.9. The lowest BCUT2D eigenvalue weighted by molar-refractivity contribution is 0.0926. The maximum absolute atomic E-state index is 12.3. The maximum atomic E-state index is 12.3. The minimum absolute atomic E-state index is 0.0943. The van der Waals surface area contributed by atoms with E-state index in [0.29, 0.717) is 0 Å². The number of rotatable bonds is 6. The predicted octanol–water partition coefficient (Wildman–Crippen LogP) is -1.03. The first kappa shape index (κ1) is 19.8. The minimum Gasteiger partial charge on any atom is -0.379 e. The highest BCUT2D eigenvalue weighted by molar-refractivity contribution is 7.89. The van der Waals surface area contributed by atoms with Crippen LogP contribution in [0.4, 0.5) is 0 Å². The number of nitrogens with one attached hydrogen (secondary N) is 1. The number of nitrogens with two attached hydrogens (primary N) is 1. The summed E-state index contributed by atoms with van der Waals surface area (Å²) >= 11 is 0. The van der Waals surface area contributed by atoms with Crippen LogP contribution in [0.15, 0.2) is 29.2 Å². The smallest absolute Gasteiger partial charge is 0.251 e. The van der Waals surface area contributed by atoms with Crippen molar-refractivity contribution in [3.05, 3.63) is 29.8 Å². The lowest BCUT2D eigenvalue weighted by atomic mass is 10.1. The normalized spacial score (nSPS) is 21.4. The van der Waals surface area contributed by atoms with Gasteiger partial charge in [0.15, 0.2) is 0 Å². The predicted molar refractivity (Wildman–Crippen MR) is 90.9 cm³/mol. The molecule has 1 aromatic rings. The fraction of sp³-hybridized carbons (Fsp3) is 0.500. The SMILES string of the molecule is CN(C)S(=O)(=O)C[C@@H]1COC[C@H]1NC(=O)c1ccc(S(N)(=O)=O)cc1. The van der Waals surface area contributed by atoms with E-state index in [9.17, 15) is 21.6 Å². The number of hydrogen-bond donors (Lipinski definition) is 2. The van der Waals surface area contributed by atoms with Gasteiger partial charge in [-0.2, -0.15) is 0 Å². The second-order valence-electron chi connectivity index (χ2n) is 6.01. The Hall–Kier alpha value is -1.53. The summed E-state index contributed by atoms with van der Waals surface area (Å²) < 4.78 is 52.9. The van der Waals surface area contributed by atoms with Crippen molar-refractivity contribution in [2.75, 3.05) is 33.1 Å². The second kappa shape index (κ2) is 7.38. The topological polar surface area (TPSA) is 136 Å². The van der Waals surface area contributed by atoms with Crippen molar-refractivity contribution in [1.82, 2.24) is 9.62 Å². The average molecular weight is 391 g/mol. The number of ether oxygens (including phenoxy) is 1. The molecule has 0 spiro atoms. The highest BCUT2D eigenvalue weighted by atomic mass is 32.2. The molecule has 1 amide bonds. The number of carbonyl (C=O) groups excluding carboxylic acids is 1. The minimum atomic E-state index is -3.83. The highest BCUT2D eigenvalue weighted by Crippen LogP contribution is 2.18. The van der Waals surface area contributed by atoms with Crippen LogP contribution in [0.25, 0.3) is 0 Å². The second-order valence-corrected chi connectivity index (χ2v) is 9.80. The molecule has 0 saturated carbocycles. The van der Waals surface area contributed by atoms with Crippen LogP contribution in [0.1, 0.15) is 10.4 Å².